The van der Waals surface area contributed by atoms with Crippen LogP contribution in [0.3, 0.4) is 0 Å². The Balaban J connectivity index is 3.09. The SMILES string of the molecule is CNCC(=O)c1cc(C)c(Br)cc1F. The van der Waals surface area contributed by atoms with Gasteiger partial charge in [0.25, 0.3) is 0 Å². The van der Waals surface area contributed by atoms with Crippen LogP contribution in [0.5, 0.6) is 0 Å². The van der Waals surface area contributed by atoms with Crippen LogP contribution in [0.25, 0.3) is 0 Å². The van der Waals surface area contributed by atoms with Crippen molar-refractivity contribution in [2.24, 2.45) is 0 Å². The number of ketones is 1. The quantitative estimate of drug-likeness (QED) is 0.845. The second-order valence-electron chi connectivity index (χ2n) is 3.03. The fourth-order valence-corrected chi connectivity index (χ4v) is 1.44. The van der Waals surface area contributed by atoms with Crippen molar-refractivity contribution in [1.29, 1.82) is 0 Å². The smallest absolute Gasteiger partial charge is 0.179 e. The number of Topliss-reactive ketones (excluding diaryl/α,β-unsaturated/α-hetero) is 1. The molecule has 0 aromatic heterocycles. The molecular formula is C10H11BrFNO. The highest BCUT2D eigenvalue weighted by molar-refractivity contribution is 9.10. The van der Waals surface area contributed by atoms with Gasteiger partial charge in [0.1, 0.15) is 5.82 Å². The molecule has 4 heteroatoms. The maximum atomic E-state index is 13.3. The van der Waals surface area contributed by atoms with Gasteiger partial charge in [-0.25, -0.2) is 4.39 Å². The molecule has 76 valence electrons. The van der Waals surface area contributed by atoms with E-state index in [1.165, 1.54) is 6.07 Å². The Morgan fingerprint density at radius 3 is 2.79 bits per heavy atom. The van der Waals surface area contributed by atoms with Crippen molar-refractivity contribution in [3.05, 3.63) is 33.5 Å². The van der Waals surface area contributed by atoms with E-state index >= 15 is 0 Å². The molecule has 0 aliphatic carbocycles. The molecule has 14 heavy (non-hydrogen) atoms. The lowest BCUT2D eigenvalue weighted by atomic mass is 10.1. The summed E-state index contributed by atoms with van der Waals surface area (Å²) in [4.78, 5) is 11.4. The molecule has 0 fully saturated rings. The number of nitrogens with one attached hydrogen (secondary N) is 1. The minimum Gasteiger partial charge on any atom is -0.313 e. The van der Waals surface area contributed by atoms with Gasteiger partial charge in [-0.15, -0.1) is 0 Å². The summed E-state index contributed by atoms with van der Waals surface area (Å²) in [5.41, 5.74) is 0.992. The Hall–Kier alpha value is -0.740. The minimum absolute atomic E-state index is 0.139. The maximum Gasteiger partial charge on any atom is 0.179 e. The van der Waals surface area contributed by atoms with Crippen LogP contribution < -0.4 is 5.32 Å². The number of likely N-dealkylation sites (N-methyl/N-ethyl adjacent to an activating group) is 1. The molecule has 0 unspecified atom stereocenters. The topological polar surface area (TPSA) is 29.1 Å². The lowest BCUT2D eigenvalue weighted by Crippen LogP contribution is -2.19. The summed E-state index contributed by atoms with van der Waals surface area (Å²) in [6, 6.07) is 2.87. The van der Waals surface area contributed by atoms with E-state index in [2.05, 4.69) is 21.2 Å². The number of halogens is 2. The number of hydrogen-bond donors (Lipinski definition) is 1. The lowest BCUT2D eigenvalue weighted by Gasteiger charge is -2.05. The first kappa shape index (κ1) is 11.3. The van der Waals surface area contributed by atoms with Gasteiger partial charge in [0.05, 0.1) is 12.1 Å². The van der Waals surface area contributed by atoms with E-state index in [0.29, 0.717) is 4.47 Å². The number of carbonyl (C=O) groups excluding carboxylic acids is 1. The molecule has 0 saturated carbocycles. The summed E-state index contributed by atoms with van der Waals surface area (Å²) in [5.74, 6) is -0.719. The normalized spacial score (nSPS) is 10.3. The zero-order valence-electron chi connectivity index (χ0n) is 8.03. The number of carbonyl (C=O) groups is 1. The van der Waals surface area contributed by atoms with Crippen LogP contribution in [0.15, 0.2) is 16.6 Å². The summed E-state index contributed by atoms with van der Waals surface area (Å²) in [6.07, 6.45) is 0. The van der Waals surface area contributed by atoms with Crippen molar-refractivity contribution in [1.82, 2.24) is 5.32 Å². The van der Waals surface area contributed by atoms with E-state index in [1.54, 1.807) is 13.1 Å². The molecule has 1 N–H and O–H groups in total. The fourth-order valence-electron chi connectivity index (χ4n) is 1.13. The van der Waals surface area contributed by atoms with Crippen molar-refractivity contribution in [3.8, 4) is 0 Å². The van der Waals surface area contributed by atoms with Crippen LogP contribution in [-0.4, -0.2) is 19.4 Å². The first-order chi connectivity index (χ1) is 6.56. The van der Waals surface area contributed by atoms with E-state index in [9.17, 15) is 9.18 Å². The molecule has 0 spiro atoms. The molecule has 1 aromatic carbocycles. The Morgan fingerprint density at radius 1 is 1.57 bits per heavy atom. The highest BCUT2D eigenvalue weighted by Gasteiger charge is 2.12. The molecule has 0 amide bonds. The molecule has 0 heterocycles. The molecule has 2 nitrogen and oxygen atoms in total. The third kappa shape index (κ3) is 2.39. The highest BCUT2D eigenvalue weighted by Crippen LogP contribution is 2.20. The number of benzene rings is 1. The van der Waals surface area contributed by atoms with Crippen molar-refractivity contribution in [2.45, 2.75) is 6.92 Å². The van der Waals surface area contributed by atoms with Gasteiger partial charge in [-0.2, -0.15) is 0 Å². The monoisotopic (exact) mass is 259 g/mol. The average molecular weight is 260 g/mol. The first-order valence-corrected chi connectivity index (χ1v) is 4.99. The Bertz CT molecular complexity index is 365. The highest BCUT2D eigenvalue weighted by atomic mass is 79.9. The first-order valence-electron chi connectivity index (χ1n) is 4.19. The van der Waals surface area contributed by atoms with E-state index in [1.807, 2.05) is 6.92 Å². The Labute approximate surface area is 90.6 Å². The zero-order valence-corrected chi connectivity index (χ0v) is 9.61. The molecule has 0 radical (unpaired) electrons. The van der Waals surface area contributed by atoms with E-state index in [-0.39, 0.29) is 17.9 Å². The van der Waals surface area contributed by atoms with Gasteiger partial charge in [0.15, 0.2) is 5.78 Å². The standard InChI is InChI=1S/C10H11BrFNO/c1-6-3-7(10(14)5-13-2)9(12)4-8(6)11/h3-4,13H,5H2,1-2H3. The maximum absolute atomic E-state index is 13.3. The van der Waals surface area contributed by atoms with Gasteiger partial charge in [-0.1, -0.05) is 15.9 Å². The van der Waals surface area contributed by atoms with Gasteiger partial charge in [0.2, 0.25) is 0 Å². The van der Waals surface area contributed by atoms with Gasteiger partial charge < -0.3 is 5.32 Å². The molecule has 0 saturated heterocycles. The second-order valence-corrected chi connectivity index (χ2v) is 3.89. The molecule has 0 bridgehead atoms. The summed E-state index contributed by atoms with van der Waals surface area (Å²) in [6.45, 7) is 1.97. The molecule has 1 rings (SSSR count). The van der Waals surface area contributed by atoms with Crippen LogP contribution >= 0.6 is 15.9 Å². The predicted molar refractivity (Wildman–Crippen MR) is 57.1 cm³/mol. The van der Waals surface area contributed by atoms with Gasteiger partial charge in [0, 0.05) is 4.47 Å². The van der Waals surface area contributed by atoms with Crippen LogP contribution in [0, 0.1) is 12.7 Å². The van der Waals surface area contributed by atoms with Crippen LogP contribution in [0.2, 0.25) is 0 Å². The summed E-state index contributed by atoms with van der Waals surface area (Å²) < 4.78 is 14.0. The lowest BCUT2D eigenvalue weighted by molar-refractivity contribution is 0.0989. The summed E-state index contributed by atoms with van der Waals surface area (Å²) >= 11 is 3.20. The molecule has 0 aliphatic rings. The fraction of sp³-hybridized carbons (Fsp3) is 0.300. The van der Waals surface area contributed by atoms with Crippen LogP contribution in [-0.2, 0) is 0 Å². The molecule has 0 aliphatic heterocycles. The molecule has 1 aromatic rings. The summed E-state index contributed by atoms with van der Waals surface area (Å²) in [7, 11) is 1.65. The zero-order chi connectivity index (χ0) is 10.7. The van der Waals surface area contributed by atoms with E-state index in [4.69, 9.17) is 0 Å². The third-order valence-electron chi connectivity index (χ3n) is 1.89. The van der Waals surface area contributed by atoms with Crippen molar-refractivity contribution < 1.29 is 9.18 Å². The number of hydrogen-bond acceptors (Lipinski definition) is 2. The second kappa shape index (κ2) is 4.66. The number of rotatable bonds is 3. The summed E-state index contributed by atoms with van der Waals surface area (Å²) in [5, 5.41) is 2.70. The Morgan fingerprint density at radius 2 is 2.21 bits per heavy atom. The van der Waals surface area contributed by atoms with Gasteiger partial charge >= 0.3 is 0 Å². The Kier molecular flexibility index (Phi) is 3.77. The van der Waals surface area contributed by atoms with Crippen molar-refractivity contribution >= 4 is 21.7 Å². The van der Waals surface area contributed by atoms with E-state index < -0.39 is 5.82 Å². The largest absolute Gasteiger partial charge is 0.313 e. The van der Waals surface area contributed by atoms with Gasteiger partial charge in [-0.05, 0) is 31.7 Å². The third-order valence-corrected chi connectivity index (χ3v) is 2.74. The van der Waals surface area contributed by atoms with Gasteiger partial charge in [-0.3, -0.25) is 4.79 Å². The minimum atomic E-state index is -0.484. The molecule has 0 atom stereocenters. The van der Waals surface area contributed by atoms with Crippen molar-refractivity contribution in [2.75, 3.05) is 13.6 Å². The number of aryl methyl sites for hydroxylation is 1. The average Bonchev–Trinajstić information content (AvgIpc) is 2.11. The van der Waals surface area contributed by atoms with Crippen LogP contribution in [0.4, 0.5) is 4.39 Å². The van der Waals surface area contributed by atoms with Crippen molar-refractivity contribution in [3.63, 3.8) is 0 Å². The van der Waals surface area contributed by atoms with E-state index in [0.717, 1.165) is 5.56 Å². The predicted octanol–water partition coefficient (Wildman–Crippen LogP) is 2.30. The van der Waals surface area contributed by atoms with Crippen LogP contribution in [0.1, 0.15) is 15.9 Å². The molecular weight excluding hydrogens is 249 g/mol.